The molecule has 0 saturated heterocycles. The summed E-state index contributed by atoms with van der Waals surface area (Å²) in [7, 11) is 0. The zero-order valence-corrected chi connectivity index (χ0v) is 23.4. The van der Waals surface area contributed by atoms with E-state index in [0.29, 0.717) is 0 Å². The first-order valence-electron chi connectivity index (χ1n) is 12.5. The van der Waals surface area contributed by atoms with Gasteiger partial charge in [0, 0.05) is 0 Å². The molecule has 0 radical (unpaired) electrons. The minimum atomic E-state index is 1.33. The second-order valence-corrected chi connectivity index (χ2v) is 10.3. The van der Waals surface area contributed by atoms with Crippen molar-refractivity contribution in [2.45, 2.75) is 6.92 Å². The van der Waals surface area contributed by atoms with Crippen molar-refractivity contribution in [3.8, 4) is 0 Å². The molecule has 1 heteroatoms. The first-order valence-corrected chi connectivity index (χ1v) is 13.8. The molecule has 0 nitrogen and oxygen atoms in total. The summed E-state index contributed by atoms with van der Waals surface area (Å²) in [5.74, 6) is 0. The van der Waals surface area contributed by atoms with E-state index < -0.39 is 0 Å². The zero-order chi connectivity index (χ0) is 25.5. The van der Waals surface area contributed by atoms with Crippen LogP contribution < -0.4 is 0 Å². The van der Waals surface area contributed by atoms with Gasteiger partial charge in [0.2, 0.25) is 0 Å². The van der Waals surface area contributed by atoms with Crippen LogP contribution in [0.4, 0.5) is 0 Å². The van der Waals surface area contributed by atoms with Crippen molar-refractivity contribution in [2.24, 2.45) is 0 Å². The van der Waals surface area contributed by atoms with Gasteiger partial charge in [0.15, 0.2) is 0 Å². The summed E-state index contributed by atoms with van der Waals surface area (Å²) in [5.41, 5.74) is 4.02. The molecule has 0 aliphatic carbocycles. The van der Waals surface area contributed by atoms with Crippen LogP contribution in [-0.2, 0) is 24.2 Å². The van der Waals surface area contributed by atoms with Gasteiger partial charge in [-0.3, -0.25) is 0 Å². The predicted octanol–water partition coefficient (Wildman–Crippen LogP) is 9.38. The van der Waals surface area contributed by atoms with Gasteiger partial charge < -0.3 is 0 Å². The van der Waals surface area contributed by atoms with E-state index in [0.717, 1.165) is 0 Å². The number of rotatable bonds is 2. The first-order chi connectivity index (χ1) is 18.2. The minimum Gasteiger partial charge on any atom is -0.126 e. The Morgan fingerprint density at radius 2 is 1.05 bits per heavy atom. The van der Waals surface area contributed by atoms with Crippen molar-refractivity contribution in [2.75, 3.05) is 0 Å². The van der Waals surface area contributed by atoms with Gasteiger partial charge in [0.1, 0.15) is 0 Å². The van der Waals surface area contributed by atoms with Crippen LogP contribution in [0.2, 0.25) is 0 Å². The van der Waals surface area contributed by atoms with Gasteiger partial charge in [0.05, 0.1) is 0 Å². The molecule has 0 spiro atoms. The Morgan fingerprint density at radius 1 is 0.541 bits per heavy atom. The van der Waals surface area contributed by atoms with Gasteiger partial charge in [-0.25, -0.2) is 0 Å². The van der Waals surface area contributed by atoms with Crippen LogP contribution in [0.3, 0.4) is 0 Å². The quantitative estimate of drug-likeness (QED) is 0.188. The summed E-state index contributed by atoms with van der Waals surface area (Å²) in [4.78, 5) is 0. The normalized spacial score (nSPS) is 10.5. The number of fused-ring (bicyclic) bond motifs is 4. The van der Waals surface area contributed by atoms with E-state index in [1.165, 1.54) is 76.4 Å². The smallest absolute Gasteiger partial charge is 0.0771 e. The predicted molar refractivity (Wildman–Crippen MR) is 157 cm³/mol. The third-order valence-corrected chi connectivity index (χ3v) is 7.96. The fourth-order valence-electron chi connectivity index (χ4n) is 4.60. The Kier molecular flexibility index (Phi) is 8.14. The maximum absolute atomic E-state index is 2.24. The van der Waals surface area contributed by atoms with Crippen LogP contribution in [0.15, 0.2) is 152 Å². The van der Waals surface area contributed by atoms with Crippen LogP contribution in [0.25, 0.3) is 32.3 Å². The molecule has 0 N–H and O–H groups in total. The van der Waals surface area contributed by atoms with Crippen LogP contribution >= 0.6 is 0 Å². The molecule has 7 rings (SSSR count). The molecule has 7 aromatic carbocycles. The average molecular weight is 552 g/mol. The number of benzene rings is 5. The molecule has 0 fully saturated rings. The molecule has 0 aliphatic rings. The van der Waals surface area contributed by atoms with Crippen molar-refractivity contribution >= 4 is 35.5 Å². The molecule has 0 bridgehead atoms. The van der Waals surface area contributed by atoms with Gasteiger partial charge in [-0.05, 0) is 0 Å². The molecule has 176 valence electrons. The minimum absolute atomic E-state index is 1.33. The molecular weight excluding hydrogens is 524 g/mol. The Bertz CT molecular complexity index is 1640. The molecule has 0 saturated carbocycles. The molecule has 0 amide bonds. The fourth-order valence-corrected chi connectivity index (χ4v) is 5.42. The van der Waals surface area contributed by atoms with E-state index in [1.54, 1.807) is 0 Å². The maximum atomic E-state index is 2.24. The van der Waals surface area contributed by atoms with E-state index >= 15 is 0 Å². The Labute approximate surface area is 233 Å². The van der Waals surface area contributed by atoms with Crippen molar-refractivity contribution < 1.29 is 24.2 Å². The van der Waals surface area contributed by atoms with E-state index in [9.17, 15) is 0 Å². The number of hydrogen-bond donors (Lipinski definition) is 0. The third-order valence-electron chi connectivity index (χ3n) is 6.54. The third kappa shape index (κ3) is 6.01. The average Bonchev–Trinajstić information content (AvgIpc) is 3.60. The van der Waals surface area contributed by atoms with Crippen LogP contribution in [0, 0.1) is 6.92 Å². The topological polar surface area (TPSA) is 0 Å². The molecule has 0 unspecified atom stereocenters. The van der Waals surface area contributed by atoms with E-state index in [2.05, 4.69) is 159 Å². The summed E-state index contributed by atoms with van der Waals surface area (Å²) in [6.45, 7) is 2.14. The van der Waals surface area contributed by atoms with Gasteiger partial charge in [-0.1, -0.05) is 49.4 Å². The Balaban J connectivity index is 0.000000115. The Hall–Kier alpha value is -3.67. The molecule has 37 heavy (non-hydrogen) atoms. The van der Waals surface area contributed by atoms with E-state index in [-0.39, 0.29) is 0 Å². The van der Waals surface area contributed by atoms with Gasteiger partial charge in [-0.2, -0.15) is 12.1 Å². The summed E-state index contributed by atoms with van der Waals surface area (Å²) in [6, 6.07) is 53.1. The van der Waals surface area contributed by atoms with Crippen molar-refractivity contribution in [3.05, 3.63) is 168 Å². The molecular formula is C36H28Zr. The summed E-state index contributed by atoms with van der Waals surface area (Å²) < 4.78 is 1.42. The molecule has 0 atom stereocenters. The molecule has 0 aromatic heterocycles. The van der Waals surface area contributed by atoms with Crippen molar-refractivity contribution in [3.63, 3.8) is 0 Å². The monoisotopic (exact) mass is 550 g/mol. The van der Waals surface area contributed by atoms with Gasteiger partial charge in [-0.15, -0.1) is 74.3 Å². The molecule has 0 heterocycles. The standard InChI is InChI=1S/C13H9.C13H10.C10H9.Zr/c1-3-7-12-10(5-1)9-11-6-2-4-8-13(11)12;1-3-7-12(8-4-1)11-13-9-5-2-6-10-13;1-8-4-2-5-9-6-3-7-10(8)9;/h1-9H;1-10H;2-7H,1H3;/q-1;;-1;+2. The summed E-state index contributed by atoms with van der Waals surface area (Å²) in [6.07, 6.45) is 0. The fraction of sp³-hybridized carbons (Fsp3) is 0.0278. The van der Waals surface area contributed by atoms with E-state index in [1.807, 2.05) is 0 Å². The van der Waals surface area contributed by atoms with Gasteiger partial charge in [0.25, 0.3) is 0 Å². The molecule has 0 aliphatic heterocycles. The second-order valence-electron chi connectivity index (χ2n) is 9.03. The van der Waals surface area contributed by atoms with Crippen molar-refractivity contribution in [1.29, 1.82) is 0 Å². The number of hydrogen-bond acceptors (Lipinski definition) is 0. The number of aryl methyl sites for hydroxylation is 1. The molecule has 7 aromatic rings. The largest absolute Gasteiger partial charge is 0.126 e. The van der Waals surface area contributed by atoms with Crippen LogP contribution in [0.1, 0.15) is 16.7 Å². The van der Waals surface area contributed by atoms with Gasteiger partial charge >= 0.3 is 99.2 Å². The van der Waals surface area contributed by atoms with Crippen LogP contribution in [0.5, 0.6) is 0 Å². The maximum Gasteiger partial charge on any atom is -0.0771 e. The summed E-state index contributed by atoms with van der Waals surface area (Å²) in [5, 5.41) is 8.12. The SMILES string of the molecule is Cc1cccc2cc[cH-]c12.[Zr+2]=[C](c1ccccc1)c1ccccc1.c1ccc2c(c1)[cH-]c1ccccc12. The van der Waals surface area contributed by atoms with Crippen molar-refractivity contribution in [1.82, 2.24) is 0 Å². The second kappa shape index (κ2) is 12.0. The zero-order valence-electron chi connectivity index (χ0n) is 20.9. The first kappa shape index (κ1) is 25.0. The van der Waals surface area contributed by atoms with E-state index in [4.69, 9.17) is 0 Å². The van der Waals surface area contributed by atoms with Crippen LogP contribution in [-0.4, -0.2) is 3.21 Å². The Morgan fingerprint density at radius 3 is 1.59 bits per heavy atom. The summed E-state index contributed by atoms with van der Waals surface area (Å²) >= 11 is 1.46.